The molecule has 3 nitrogen and oxygen atoms in total. The van der Waals surface area contributed by atoms with E-state index in [1.807, 2.05) is 19.2 Å². The molecule has 1 aromatic heterocycles. The third-order valence-electron chi connectivity index (χ3n) is 2.99. The van der Waals surface area contributed by atoms with E-state index in [0.717, 1.165) is 18.1 Å². The number of pyridine rings is 1. The highest BCUT2D eigenvalue weighted by molar-refractivity contribution is 6.31. The van der Waals surface area contributed by atoms with Crippen LogP contribution in [0.2, 0.25) is 5.02 Å². The van der Waals surface area contributed by atoms with E-state index in [9.17, 15) is 0 Å². The van der Waals surface area contributed by atoms with E-state index >= 15 is 0 Å². The van der Waals surface area contributed by atoms with Gasteiger partial charge in [-0.15, -0.1) is 0 Å². The highest BCUT2D eigenvalue weighted by Gasteiger charge is 2.07. The van der Waals surface area contributed by atoms with E-state index < -0.39 is 0 Å². The fraction of sp³-hybridized carbons (Fsp3) is 0.267. The first-order chi connectivity index (χ1) is 9.10. The Morgan fingerprint density at radius 2 is 2.05 bits per heavy atom. The molecule has 0 aliphatic heterocycles. The number of aromatic nitrogens is 1. The Kier molecular flexibility index (Phi) is 4.40. The molecule has 0 bridgehead atoms. The van der Waals surface area contributed by atoms with Crippen LogP contribution in [0.15, 0.2) is 36.4 Å². The number of benzene rings is 1. The summed E-state index contributed by atoms with van der Waals surface area (Å²) in [7, 11) is 2.01. The van der Waals surface area contributed by atoms with Crippen molar-refractivity contribution in [1.29, 1.82) is 0 Å². The van der Waals surface area contributed by atoms with Crippen LogP contribution in [0, 0.1) is 6.92 Å². The lowest BCUT2D eigenvalue weighted by Gasteiger charge is -2.19. The standard InChI is InChI=1S/C15H18ClN3/c1-11-4-3-5-12(8-11)10-19(2)15-7-6-13(16)14(9-17)18-15/h3-8H,9-10,17H2,1-2H3. The minimum absolute atomic E-state index is 0.352. The number of hydrogen-bond donors (Lipinski definition) is 1. The van der Waals surface area contributed by atoms with Crippen molar-refractivity contribution < 1.29 is 0 Å². The van der Waals surface area contributed by atoms with Gasteiger partial charge in [-0.2, -0.15) is 0 Å². The van der Waals surface area contributed by atoms with Gasteiger partial charge in [-0.25, -0.2) is 4.98 Å². The summed E-state index contributed by atoms with van der Waals surface area (Å²) in [5, 5.41) is 0.621. The monoisotopic (exact) mass is 275 g/mol. The van der Waals surface area contributed by atoms with Crippen molar-refractivity contribution in [2.75, 3.05) is 11.9 Å². The zero-order valence-electron chi connectivity index (χ0n) is 11.2. The van der Waals surface area contributed by atoms with Gasteiger partial charge < -0.3 is 10.6 Å². The molecule has 0 amide bonds. The molecule has 0 atom stereocenters. The summed E-state index contributed by atoms with van der Waals surface area (Å²) in [6.45, 7) is 3.25. The molecule has 2 aromatic rings. The van der Waals surface area contributed by atoms with E-state index in [2.05, 4.69) is 41.1 Å². The summed E-state index contributed by atoms with van der Waals surface area (Å²) in [6.07, 6.45) is 0. The summed E-state index contributed by atoms with van der Waals surface area (Å²) in [4.78, 5) is 6.57. The number of rotatable bonds is 4. The van der Waals surface area contributed by atoms with Gasteiger partial charge >= 0.3 is 0 Å². The molecule has 100 valence electrons. The Balaban J connectivity index is 2.18. The average Bonchev–Trinajstić information content (AvgIpc) is 2.39. The maximum absolute atomic E-state index is 6.02. The molecule has 0 aliphatic rings. The van der Waals surface area contributed by atoms with Gasteiger partial charge in [0.15, 0.2) is 0 Å². The van der Waals surface area contributed by atoms with Crippen LogP contribution in [0.3, 0.4) is 0 Å². The van der Waals surface area contributed by atoms with Crippen molar-refractivity contribution in [3.05, 3.63) is 58.2 Å². The molecular formula is C15H18ClN3. The first kappa shape index (κ1) is 13.8. The molecular weight excluding hydrogens is 258 g/mol. The lowest BCUT2D eigenvalue weighted by Crippen LogP contribution is -2.18. The Bertz CT molecular complexity index is 569. The maximum atomic E-state index is 6.02. The first-order valence-electron chi connectivity index (χ1n) is 6.22. The highest BCUT2D eigenvalue weighted by Crippen LogP contribution is 2.19. The van der Waals surface area contributed by atoms with E-state index in [0.29, 0.717) is 11.6 Å². The number of nitrogens with two attached hydrogens (primary N) is 1. The minimum atomic E-state index is 0.352. The summed E-state index contributed by atoms with van der Waals surface area (Å²) >= 11 is 6.02. The Morgan fingerprint density at radius 1 is 1.26 bits per heavy atom. The van der Waals surface area contributed by atoms with Crippen LogP contribution in [-0.4, -0.2) is 12.0 Å². The minimum Gasteiger partial charge on any atom is -0.355 e. The first-order valence-corrected chi connectivity index (χ1v) is 6.60. The Labute approximate surface area is 119 Å². The van der Waals surface area contributed by atoms with E-state index in [4.69, 9.17) is 17.3 Å². The molecule has 0 saturated carbocycles. The van der Waals surface area contributed by atoms with Crippen molar-refractivity contribution in [2.24, 2.45) is 5.73 Å². The molecule has 0 unspecified atom stereocenters. The van der Waals surface area contributed by atoms with E-state index in [1.54, 1.807) is 0 Å². The zero-order chi connectivity index (χ0) is 13.8. The smallest absolute Gasteiger partial charge is 0.129 e. The molecule has 4 heteroatoms. The van der Waals surface area contributed by atoms with Gasteiger partial charge in [-0.1, -0.05) is 41.4 Å². The third-order valence-corrected chi connectivity index (χ3v) is 3.33. The van der Waals surface area contributed by atoms with Crippen LogP contribution in [0.1, 0.15) is 16.8 Å². The number of hydrogen-bond acceptors (Lipinski definition) is 3. The predicted molar refractivity (Wildman–Crippen MR) is 80.4 cm³/mol. The average molecular weight is 276 g/mol. The van der Waals surface area contributed by atoms with Crippen LogP contribution in [0.5, 0.6) is 0 Å². The third kappa shape index (κ3) is 3.46. The van der Waals surface area contributed by atoms with Crippen molar-refractivity contribution in [3.63, 3.8) is 0 Å². The number of nitrogens with zero attached hydrogens (tertiary/aromatic N) is 2. The quantitative estimate of drug-likeness (QED) is 0.932. The zero-order valence-corrected chi connectivity index (χ0v) is 12.0. The molecule has 1 heterocycles. The summed E-state index contributed by atoms with van der Waals surface area (Å²) in [6, 6.07) is 12.2. The Hall–Kier alpha value is -1.58. The Morgan fingerprint density at radius 3 is 2.74 bits per heavy atom. The second-order valence-electron chi connectivity index (χ2n) is 4.65. The molecule has 0 radical (unpaired) electrons. The van der Waals surface area contributed by atoms with Crippen molar-refractivity contribution in [2.45, 2.75) is 20.0 Å². The van der Waals surface area contributed by atoms with E-state index in [-0.39, 0.29) is 0 Å². The maximum Gasteiger partial charge on any atom is 0.129 e. The molecule has 0 fully saturated rings. The summed E-state index contributed by atoms with van der Waals surface area (Å²) < 4.78 is 0. The van der Waals surface area contributed by atoms with Gasteiger partial charge in [0, 0.05) is 20.1 Å². The molecule has 0 aliphatic carbocycles. The van der Waals surface area contributed by atoms with Crippen LogP contribution in [-0.2, 0) is 13.1 Å². The topological polar surface area (TPSA) is 42.1 Å². The second-order valence-corrected chi connectivity index (χ2v) is 5.05. The van der Waals surface area contributed by atoms with Crippen molar-refractivity contribution in [3.8, 4) is 0 Å². The van der Waals surface area contributed by atoms with Gasteiger partial charge in [0.1, 0.15) is 5.82 Å². The van der Waals surface area contributed by atoms with Gasteiger partial charge in [-0.05, 0) is 24.6 Å². The van der Waals surface area contributed by atoms with Crippen molar-refractivity contribution in [1.82, 2.24) is 4.98 Å². The molecule has 1 aromatic carbocycles. The van der Waals surface area contributed by atoms with Gasteiger partial charge in [0.25, 0.3) is 0 Å². The second kappa shape index (κ2) is 6.04. The molecule has 2 N–H and O–H groups in total. The van der Waals surface area contributed by atoms with Gasteiger partial charge in [-0.3, -0.25) is 0 Å². The van der Waals surface area contributed by atoms with Gasteiger partial charge in [0.05, 0.1) is 10.7 Å². The molecule has 19 heavy (non-hydrogen) atoms. The molecule has 0 spiro atoms. The van der Waals surface area contributed by atoms with Crippen LogP contribution in [0.25, 0.3) is 0 Å². The summed E-state index contributed by atoms with van der Waals surface area (Å²) in [5.41, 5.74) is 8.88. The largest absolute Gasteiger partial charge is 0.355 e. The fourth-order valence-electron chi connectivity index (χ4n) is 1.99. The van der Waals surface area contributed by atoms with Crippen LogP contribution in [0.4, 0.5) is 5.82 Å². The van der Waals surface area contributed by atoms with Crippen LogP contribution >= 0.6 is 11.6 Å². The summed E-state index contributed by atoms with van der Waals surface area (Å²) in [5.74, 6) is 0.881. The SMILES string of the molecule is Cc1cccc(CN(C)c2ccc(Cl)c(CN)n2)c1. The predicted octanol–water partition coefficient (Wildman–Crippen LogP) is 3.14. The number of halogens is 1. The fourth-order valence-corrected chi connectivity index (χ4v) is 2.18. The normalized spacial score (nSPS) is 10.5. The molecule has 2 rings (SSSR count). The highest BCUT2D eigenvalue weighted by atomic mass is 35.5. The molecule has 0 saturated heterocycles. The lowest BCUT2D eigenvalue weighted by molar-refractivity contribution is 0.877. The number of aryl methyl sites for hydroxylation is 1. The van der Waals surface area contributed by atoms with Gasteiger partial charge in [0.2, 0.25) is 0 Å². The number of anilines is 1. The lowest BCUT2D eigenvalue weighted by atomic mass is 10.1. The van der Waals surface area contributed by atoms with Crippen LogP contribution < -0.4 is 10.6 Å². The van der Waals surface area contributed by atoms with Crippen molar-refractivity contribution >= 4 is 17.4 Å². The van der Waals surface area contributed by atoms with E-state index in [1.165, 1.54) is 11.1 Å².